The number of anilines is 2. The van der Waals surface area contributed by atoms with Gasteiger partial charge in [0, 0.05) is 13.1 Å². The molecule has 1 amide bonds. The van der Waals surface area contributed by atoms with Crippen molar-refractivity contribution < 1.29 is 9.18 Å². The number of nitrogen functional groups attached to an aromatic ring is 1. The molecule has 1 aromatic heterocycles. The molecule has 1 aliphatic rings. The molecule has 104 valence electrons. The van der Waals surface area contributed by atoms with Gasteiger partial charge in [-0.25, -0.2) is 15.2 Å². The van der Waals surface area contributed by atoms with E-state index in [2.05, 4.69) is 17.3 Å². The monoisotopic (exact) mass is 267 g/mol. The summed E-state index contributed by atoms with van der Waals surface area (Å²) in [6.07, 6.45) is 2.12. The van der Waals surface area contributed by atoms with E-state index in [9.17, 15) is 9.18 Å². The van der Waals surface area contributed by atoms with Gasteiger partial charge < -0.3 is 16.1 Å². The van der Waals surface area contributed by atoms with Crippen molar-refractivity contribution in [2.45, 2.75) is 19.8 Å². The van der Waals surface area contributed by atoms with Gasteiger partial charge >= 0.3 is 0 Å². The molecule has 0 unspecified atom stereocenters. The largest absolute Gasteiger partial charge is 0.365 e. The molecule has 0 spiro atoms. The van der Waals surface area contributed by atoms with Crippen molar-refractivity contribution in [2.75, 3.05) is 23.4 Å². The number of rotatable bonds is 3. The van der Waals surface area contributed by atoms with E-state index in [0.717, 1.165) is 32.0 Å². The van der Waals surface area contributed by atoms with Crippen molar-refractivity contribution in [1.29, 1.82) is 0 Å². The Morgan fingerprint density at radius 3 is 2.95 bits per heavy atom. The molecule has 6 nitrogen and oxygen atoms in total. The van der Waals surface area contributed by atoms with Crippen LogP contribution in [0.15, 0.2) is 6.07 Å². The molecular formula is C12H18FN5O. The van der Waals surface area contributed by atoms with E-state index in [1.807, 2.05) is 4.90 Å². The van der Waals surface area contributed by atoms with Crippen LogP contribution in [0.4, 0.5) is 16.0 Å². The smallest absolute Gasteiger partial charge is 0.252 e. The average Bonchev–Trinajstić information content (AvgIpc) is 2.38. The molecule has 0 radical (unpaired) electrons. The minimum Gasteiger partial charge on any atom is -0.365 e. The van der Waals surface area contributed by atoms with Crippen LogP contribution >= 0.6 is 0 Å². The third kappa shape index (κ3) is 2.76. The zero-order valence-corrected chi connectivity index (χ0v) is 10.8. The van der Waals surface area contributed by atoms with Gasteiger partial charge in [0.15, 0.2) is 17.5 Å². The number of nitrogens with two attached hydrogens (primary N) is 2. The number of hydrogen-bond acceptors (Lipinski definition) is 5. The Hall–Kier alpha value is -1.89. The molecule has 0 aliphatic carbocycles. The second kappa shape index (κ2) is 5.40. The van der Waals surface area contributed by atoms with Gasteiger partial charge in [0.05, 0.1) is 5.56 Å². The standard InChI is InChI=1S/C12H18FN5O/c1-7-3-2-4-18(6-7)12-9(13)5-8(10(14)19)11(16-12)17-15/h5,7H,2-4,6,15H2,1H3,(H2,14,19)(H,16,17)/t7-/m1/s1. The van der Waals surface area contributed by atoms with Crippen molar-refractivity contribution in [3.63, 3.8) is 0 Å². The Balaban J connectivity index is 2.38. The average molecular weight is 267 g/mol. The number of nitrogens with one attached hydrogen (secondary N) is 1. The quantitative estimate of drug-likeness (QED) is 0.557. The first-order valence-corrected chi connectivity index (χ1v) is 6.24. The fraction of sp³-hybridized carbons (Fsp3) is 0.500. The van der Waals surface area contributed by atoms with Crippen molar-refractivity contribution in [1.82, 2.24) is 4.98 Å². The van der Waals surface area contributed by atoms with Gasteiger partial charge in [0.25, 0.3) is 5.91 Å². The highest BCUT2D eigenvalue weighted by molar-refractivity contribution is 5.97. The first-order valence-electron chi connectivity index (χ1n) is 6.24. The lowest BCUT2D eigenvalue weighted by Crippen LogP contribution is -2.36. The van der Waals surface area contributed by atoms with Crippen molar-refractivity contribution in [2.24, 2.45) is 17.5 Å². The first kappa shape index (κ1) is 13.5. The zero-order valence-electron chi connectivity index (χ0n) is 10.8. The maximum Gasteiger partial charge on any atom is 0.252 e. The summed E-state index contributed by atoms with van der Waals surface area (Å²) in [6, 6.07) is 1.08. The van der Waals surface area contributed by atoms with Crippen molar-refractivity contribution >= 4 is 17.5 Å². The van der Waals surface area contributed by atoms with E-state index >= 15 is 0 Å². The summed E-state index contributed by atoms with van der Waals surface area (Å²) in [6.45, 7) is 3.60. The topological polar surface area (TPSA) is 97.3 Å². The number of hydrogen-bond donors (Lipinski definition) is 3. The summed E-state index contributed by atoms with van der Waals surface area (Å²) >= 11 is 0. The molecule has 1 fully saturated rings. The van der Waals surface area contributed by atoms with E-state index in [-0.39, 0.29) is 17.2 Å². The van der Waals surface area contributed by atoms with Crippen LogP contribution in [0.2, 0.25) is 0 Å². The molecule has 19 heavy (non-hydrogen) atoms. The number of carbonyl (C=O) groups is 1. The van der Waals surface area contributed by atoms with Crippen molar-refractivity contribution in [3.8, 4) is 0 Å². The fourth-order valence-electron chi connectivity index (χ4n) is 2.38. The van der Waals surface area contributed by atoms with Crippen LogP contribution in [0.3, 0.4) is 0 Å². The number of hydrazine groups is 1. The van der Waals surface area contributed by atoms with Crippen LogP contribution in [0.1, 0.15) is 30.1 Å². The Labute approximate surface area is 110 Å². The summed E-state index contributed by atoms with van der Waals surface area (Å²) in [5.74, 6) is 4.78. The minimum atomic E-state index is -0.766. The zero-order chi connectivity index (χ0) is 14.0. The summed E-state index contributed by atoms with van der Waals surface area (Å²) in [5.41, 5.74) is 7.40. The molecule has 5 N–H and O–H groups in total. The van der Waals surface area contributed by atoms with Crippen LogP contribution in [0, 0.1) is 11.7 Å². The number of piperidine rings is 1. The normalized spacial score (nSPS) is 19.3. The molecule has 1 aliphatic heterocycles. The lowest BCUT2D eigenvalue weighted by Gasteiger charge is -2.32. The van der Waals surface area contributed by atoms with Crippen LogP contribution in [-0.2, 0) is 0 Å². The Morgan fingerprint density at radius 1 is 1.63 bits per heavy atom. The van der Waals surface area contributed by atoms with Crippen LogP contribution in [-0.4, -0.2) is 24.0 Å². The molecular weight excluding hydrogens is 249 g/mol. The van der Waals surface area contributed by atoms with Gasteiger partial charge in [-0.15, -0.1) is 0 Å². The number of pyridine rings is 1. The highest BCUT2D eigenvalue weighted by Crippen LogP contribution is 2.26. The molecule has 0 aromatic carbocycles. The summed E-state index contributed by atoms with van der Waals surface area (Å²) in [4.78, 5) is 17.1. The summed E-state index contributed by atoms with van der Waals surface area (Å²) < 4.78 is 14.1. The van der Waals surface area contributed by atoms with E-state index < -0.39 is 11.7 Å². The number of amides is 1. The summed E-state index contributed by atoms with van der Waals surface area (Å²) in [5, 5.41) is 0. The van der Waals surface area contributed by atoms with Crippen LogP contribution < -0.4 is 21.9 Å². The van der Waals surface area contributed by atoms with Crippen molar-refractivity contribution in [3.05, 3.63) is 17.4 Å². The van der Waals surface area contributed by atoms with Gasteiger partial charge in [-0.2, -0.15) is 0 Å². The second-order valence-corrected chi connectivity index (χ2v) is 4.89. The second-order valence-electron chi connectivity index (χ2n) is 4.89. The lowest BCUT2D eigenvalue weighted by atomic mass is 10.0. The Bertz CT molecular complexity index is 493. The number of aromatic nitrogens is 1. The van der Waals surface area contributed by atoms with E-state index in [1.54, 1.807) is 0 Å². The molecule has 1 atom stereocenters. The number of primary amides is 1. The lowest BCUT2D eigenvalue weighted by molar-refractivity contribution is 0.100. The predicted molar refractivity (Wildman–Crippen MR) is 71.1 cm³/mol. The third-order valence-corrected chi connectivity index (χ3v) is 3.32. The molecule has 0 bridgehead atoms. The molecule has 0 saturated carbocycles. The summed E-state index contributed by atoms with van der Waals surface area (Å²) in [7, 11) is 0. The minimum absolute atomic E-state index is 0.0474. The maximum absolute atomic E-state index is 14.1. The predicted octanol–water partition coefficient (Wildman–Crippen LogP) is 0.842. The van der Waals surface area contributed by atoms with E-state index in [0.29, 0.717) is 5.92 Å². The fourth-order valence-corrected chi connectivity index (χ4v) is 2.38. The Kier molecular flexibility index (Phi) is 3.84. The Morgan fingerprint density at radius 2 is 2.37 bits per heavy atom. The van der Waals surface area contributed by atoms with Crippen LogP contribution in [0.25, 0.3) is 0 Å². The molecule has 1 aromatic rings. The first-order chi connectivity index (χ1) is 9.02. The molecule has 7 heteroatoms. The number of carbonyl (C=O) groups excluding carboxylic acids is 1. The van der Waals surface area contributed by atoms with E-state index in [1.165, 1.54) is 0 Å². The van der Waals surface area contributed by atoms with Crippen LogP contribution in [0.5, 0.6) is 0 Å². The SMILES string of the molecule is C[C@@H]1CCCN(c2nc(NN)c(C(N)=O)cc2F)C1. The number of nitrogens with zero attached hydrogens (tertiary/aromatic N) is 2. The number of halogens is 1. The highest BCUT2D eigenvalue weighted by atomic mass is 19.1. The maximum atomic E-state index is 14.1. The van der Waals surface area contributed by atoms with Gasteiger partial charge in [0.1, 0.15) is 0 Å². The van der Waals surface area contributed by atoms with Gasteiger partial charge in [-0.1, -0.05) is 6.92 Å². The van der Waals surface area contributed by atoms with Gasteiger partial charge in [0.2, 0.25) is 0 Å². The van der Waals surface area contributed by atoms with Gasteiger partial charge in [-0.05, 0) is 24.8 Å². The molecule has 1 saturated heterocycles. The molecule has 2 rings (SSSR count). The van der Waals surface area contributed by atoms with Gasteiger partial charge in [-0.3, -0.25) is 4.79 Å². The molecule has 2 heterocycles. The third-order valence-electron chi connectivity index (χ3n) is 3.32. The highest BCUT2D eigenvalue weighted by Gasteiger charge is 2.23. The van der Waals surface area contributed by atoms with E-state index in [4.69, 9.17) is 11.6 Å².